The number of fused-ring (bicyclic) bond motifs is 1. The molecule has 1 atom stereocenters. The fourth-order valence-electron chi connectivity index (χ4n) is 2.82. The van der Waals surface area contributed by atoms with Gasteiger partial charge in [0.25, 0.3) is 0 Å². The summed E-state index contributed by atoms with van der Waals surface area (Å²) < 4.78 is 13.4. The van der Waals surface area contributed by atoms with Crippen LogP contribution in [-0.4, -0.2) is 13.1 Å². The van der Waals surface area contributed by atoms with Crippen molar-refractivity contribution in [2.24, 2.45) is 5.73 Å². The number of anilines is 1. The third-order valence-corrected chi connectivity index (χ3v) is 3.76. The van der Waals surface area contributed by atoms with E-state index in [1.54, 1.807) is 6.07 Å². The molecule has 1 unspecified atom stereocenters. The van der Waals surface area contributed by atoms with Crippen molar-refractivity contribution < 1.29 is 4.39 Å². The first-order valence-corrected chi connectivity index (χ1v) is 6.59. The van der Waals surface area contributed by atoms with Crippen LogP contribution in [0.4, 0.5) is 10.1 Å². The lowest BCUT2D eigenvalue weighted by Gasteiger charge is -2.29. The predicted octanol–water partition coefficient (Wildman–Crippen LogP) is 2.89. The van der Waals surface area contributed by atoms with Crippen molar-refractivity contribution >= 4 is 5.69 Å². The second kappa shape index (κ2) is 5.02. The van der Waals surface area contributed by atoms with E-state index in [-0.39, 0.29) is 11.9 Å². The zero-order chi connectivity index (χ0) is 13.2. The Kier molecular flexibility index (Phi) is 3.22. The highest BCUT2D eigenvalue weighted by atomic mass is 19.1. The van der Waals surface area contributed by atoms with Gasteiger partial charge < -0.3 is 10.6 Å². The van der Waals surface area contributed by atoms with Gasteiger partial charge in [-0.2, -0.15) is 0 Å². The van der Waals surface area contributed by atoms with E-state index in [4.69, 9.17) is 5.73 Å². The summed E-state index contributed by atoms with van der Waals surface area (Å²) in [5, 5.41) is 0. The molecule has 98 valence electrons. The van der Waals surface area contributed by atoms with Gasteiger partial charge in [-0.25, -0.2) is 4.39 Å². The molecule has 0 radical (unpaired) electrons. The van der Waals surface area contributed by atoms with Crippen LogP contribution in [0, 0.1) is 5.82 Å². The van der Waals surface area contributed by atoms with E-state index in [0.29, 0.717) is 6.54 Å². The summed E-state index contributed by atoms with van der Waals surface area (Å²) in [4.78, 5) is 2.22. The van der Waals surface area contributed by atoms with Gasteiger partial charge in [-0.15, -0.1) is 0 Å². The topological polar surface area (TPSA) is 29.3 Å². The number of halogens is 1. The number of rotatable bonds is 3. The number of benzene rings is 2. The highest BCUT2D eigenvalue weighted by molar-refractivity contribution is 5.59. The van der Waals surface area contributed by atoms with Crippen LogP contribution in [0.2, 0.25) is 0 Å². The third-order valence-electron chi connectivity index (χ3n) is 3.76. The molecule has 1 aliphatic rings. The third kappa shape index (κ3) is 2.22. The number of nitrogens with zero attached hydrogens (tertiary/aromatic N) is 1. The Morgan fingerprint density at radius 3 is 2.68 bits per heavy atom. The fraction of sp³-hybridized carbons (Fsp3) is 0.250. The molecule has 0 bridgehead atoms. The first kappa shape index (κ1) is 12.2. The summed E-state index contributed by atoms with van der Waals surface area (Å²) in [5.41, 5.74) is 9.32. The van der Waals surface area contributed by atoms with Crippen molar-refractivity contribution in [1.29, 1.82) is 0 Å². The Labute approximate surface area is 112 Å². The quantitative estimate of drug-likeness (QED) is 0.915. The smallest absolute Gasteiger partial charge is 0.125 e. The van der Waals surface area contributed by atoms with Crippen molar-refractivity contribution in [3.05, 3.63) is 65.5 Å². The summed E-state index contributed by atoms with van der Waals surface area (Å²) in [5.74, 6) is -0.186. The molecule has 0 saturated heterocycles. The van der Waals surface area contributed by atoms with Gasteiger partial charge in [0, 0.05) is 18.8 Å². The lowest BCUT2D eigenvalue weighted by molar-refractivity contribution is 0.621. The van der Waals surface area contributed by atoms with E-state index in [2.05, 4.69) is 17.0 Å². The van der Waals surface area contributed by atoms with E-state index in [0.717, 1.165) is 18.7 Å². The predicted molar refractivity (Wildman–Crippen MR) is 75.7 cm³/mol. The fourth-order valence-corrected chi connectivity index (χ4v) is 2.82. The van der Waals surface area contributed by atoms with Crippen LogP contribution in [-0.2, 0) is 6.42 Å². The summed E-state index contributed by atoms with van der Waals surface area (Å²) in [6.07, 6.45) is 0.957. The highest BCUT2D eigenvalue weighted by Gasteiger charge is 2.26. The van der Waals surface area contributed by atoms with Crippen LogP contribution >= 0.6 is 0 Å². The lowest BCUT2D eigenvalue weighted by Crippen LogP contribution is -2.32. The van der Waals surface area contributed by atoms with E-state index in [9.17, 15) is 4.39 Å². The van der Waals surface area contributed by atoms with Crippen molar-refractivity contribution in [1.82, 2.24) is 0 Å². The maximum atomic E-state index is 13.4. The van der Waals surface area contributed by atoms with E-state index in [1.165, 1.54) is 17.2 Å². The van der Waals surface area contributed by atoms with Gasteiger partial charge in [-0.1, -0.05) is 36.4 Å². The van der Waals surface area contributed by atoms with Crippen LogP contribution in [0.1, 0.15) is 17.2 Å². The van der Waals surface area contributed by atoms with Gasteiger partial charge in [0.2, 0.25) is 0 Å². The largest absolute Gasteiger partial charge is 0.363 e. The summed E-state index contributed by atoms with van der Waals surface area (Å²) >= 11 is 0. The van der Waals surface area contributed by atoms with Crippen LogP contribution in [0.3, 0.4) is 0 Å². The molecule has 0 saturated carbocycles. The average molecular weight is 256 g/mol. The Balaban J connectivity index is 1.97. The van der Waals surface area contributed by atoms with Crippen LogP contribution in [0.15, 0.2) is 48.5 Å². The zero-order valence-corrected chi connectivity index (χ0v) is 10.7. The summed E-state index contributed by atoms with van der Waals surface area (Å²) in [6, 6.07) is 15.3. The number of hydrogen-bond acceptors (Lipinski definition) is 2. The van der Waals surface area contributed by atoms with Gasteiger partial charge in [0.05, 0.1) is 6.04 Å². The summed E-state index contributed by atoms with van der Waals surface area (Å²) in [7, 11) is 0. The van der Waals surface area contributed by atoms with Crippen molar-refractivity contribution in [3.63, 3.8) is 0 Å². The molecule has 2 aromatic rings. The maximum absolute atomic E-state index is 13.4. The molecule has 1 heterocycles. The molecule has 2 N–H and O–H groups in total. The lowest BCUT2D eigenvalue weighted by atomic mass is 10.1. The van der Waals surface area contributed by atoms with Crippen molar-refractivity contribution in [2.75, 3.05) is 18.0 Å². The Hall–Kier alpha value is -1.87. The summed E-state index contributed by atoms with van der Waals surface area (Å²) in [6.45, 7) is 1.43. The normalized spacial score (nSPS) is 15.4. The molecule has 1 aliphatic heterocycles. The first-order valence-electron chi connectivity index (χ1n) is 6.59. The van der Waals surface area contributed by atoms with Crippen molar-refractivity contribution in [2.45, 2.75) is 12.5 Å². The second-order valence-corrected chi connectivity index (χ2v) is 4.88. The number of hydrogen-bond donors (Lipinski definition) is 1. The van der Waals surface area contributed by atoms with E-state index >= 15 is 0 Å². The monoisotopic (exact) mass is 256 g/mol. The molecule has 3 heteroatoms. The highest BCUT2D eigenvalue weighted by Crippen LogP contribution is 2.35. The minimum atomic E-state index is -0.186. The minimum absolute atomic E-state index is 0.115. The molecular weight excluding hydrogens is 239 g/mol. The molecule has 2 aromatic carbocycles. The van der Waals surface area contributed by atoms with E-state index in [1.807, 2.05) is 24.3 Å². The minimum Gasteiger partial charge on any atom is -0.363 e. The first-order chi connectivity index (χ1) is 9.29. The molecular formula is C16H17FN2. The van der Waals surface area contributed by atoms with Gasteiger partial charge in [-0.3, -0.25) is 0 Å². The van der Waals surface area contributed by atoms with Gasteiger partial charge in [0.15, 0.2) is 0 Å². The number of nitrogens with two attached hydrogens (primary N) is 1. The van der Waals surface area contributed by atoms with Crippen LogP contribution < -0.4 is 10.6 Å². The molecule has 2 nitrogen and oxygen atoms in total. The zero-order valence-electron chi connectivity index (χ0n) is 10.7. The standard InChI is InChI=1S/C16H17FN2/c17-14-7-6-13-8-9-19(15(13)10-14)16(11-18)12-4-2-1-3-5-12/h1-7,10,16H,8-9,11,18H2. The molecule has 0 spiro atoms. The average Bonchev–Trinajstić information content (AvgIpc) is 2.84. The molecule has 0 aromatic heterocycles. The van der Waals surface area contributed by atoms with Crippen molar-refractivity contribution in [3.8, 4) is 0 Å². The van der Waals surface area contributed by atoms with Gasteiger partial charge in [0.1, 0.15) is 5.82 Å². The van der Waals surface area contributed by atoms with E-state index < -0.39 is 0 Å². The Bertz CT molecular complexity index is 568. The molecule has 0 fully saturated rings. The second-order valence-electron chi connectivity index (χ2n) is 4.88. The maximum Gasteiger partial charge on any atom is 0.125 e. The van der Waals surface area contributed by atoms with Gasteiger partial charge >= 0.3 is 0 Å². The van der Waals surface area contributed by atoms with Gasteiger partial charge in [-0.05, 0) is 29.7 Å². The SMILES string of the molecule is NCC(c1ccccc1)N1CCc2ccc(F)cc21. The molecule has 3 rings (SSSR count). The molecule has 0 aliphatic carbocycles. The van der Waals surface area contributed by atoms with Crippen LogP contribution in [0.5, 0.6) is 0 Å². The van der Waals surface area contributed by atoms with Crippen LogP contribution in [0.25, 0.3) is 0 Å². The molecule has 19 heavy (non-hydrogen) atoms. The Morgan fingerprint density at radius 2 is 1.95 bits per heavy atom. The Morgan fingerprint density at radius 1 is 1.16 bits per heavy atom. The molecule has 0 amide bonds.